The van der Waals surface area contributed by atoms with Gasteiger partial charge in [-0.1, -0.05) is 43.1 Å². The van der Waals surface area contributed by atoms with Gasteiger partial charge in [0.2, 0.25) is 0 Å². The first-order chi connectivity index (χ1) is 12.0. The third-order valence-corrected chi connectivity index (χ3v) is 4.47. The summed E-state index contributed by atoms with van der Waals surface area (Å²) in [4.78, 5) is 23.3. The van der Waals surface area contributed by atoms with E-state index >= 15 is 0 Å². The number of hydrogen-bond acceptors (Lipinski definition) is 2. The van der Waals surface area contributed by atoms with Gasteiger partial charge in [-0.2, -0.15) is 0 Å². The van der Waals surface area contributed by atoms with Gasteiger partial charge in [0.05, 0.1) is 5.56 Å². The molecule has 0 amide bonds. The molecule has 0 aliphatic rings. The molecule has 128 valence electrons. The first kappa shape index (κ1) is 17.2. The zero-order valence-corrected chi connectivity index (χ0v) is 14.6. The van der Waals surface area contributed by atoms with E-state index in [1.165, 1.54) is 0 Å². The van der Waals surface area contributed by atoms with Crippen LogP contribution < -0.4 is 0 Å². The number of unbranched alkanes of at least 4 members (excludes halogenated alkanes) is 1. The molecule has 5 heteroatoms. The molecule has 3 rings (SSSR count). The first-order valence-electron chi connectivity index (χ1n) is 8.17. The van der Waals surface area contributed by atoms with Crippen molar-refractivity contribution < 1.29 is 14.7 Å². The highest BCUT2D eigenvalue weighted by atomic mass is 35.5. The highest BCUT2D eigenvalue weighted by Crippen LogP contribution is 2.30. The number of Topliss-reactive ketones (excluding diaryl/α,β-unsaturated/α-hetero) is 1. The monoisotopic (exact) mass is 355 g/mol. The Morgan fingerprint density at radius 1 is 1.12 bits per heavy atom. The number of rotatable bonds is 6. The van der Waals surface area contributed by atoms with Crippen LogP contribution in [0.3, 0.4) is 0 Å². The second-order valence-corrected chi connectivity index (χ2v) is 6.40. The Morgan fingerprint density at radius 3 is 2.56 bits per heavy atom. The number of carbonyl (C=O) groups is 2. The Labute approximate surface area is 150 Å². The third-order valence-electron chi connectivity index (χ3n) is 4.23. The number of aliphatic carboxylic acids is 1. The molecule has 0 unspecified atom stereocenters. The van der Waals surface area contributed by atoms with Crippen molar-refractivity contribution in [1.29, 1.82) is 0 Å². The van der Waals surface area contributed by atoms with Gasteiger partial charge in [-0.25, -0.2) is 4.79 Å². The summed E-state index contributed by atoms with van der Waals surface area (Å²) in [5, 5.41) is 10.4. The largest absolute Gasteiger partial charge is 0.475 e. The van der Waals surface area contributed by atoms with E-state index in [0.29, 0.717) is 10.4 Å². The molecule has 0 radical (unpaired) electrons. The number of carbonyl (C=O) groups excluding carboxylic acids is 1. The van der Waals surface area contributed by atoms with Crippen molar-refractivity contribution in [2.45, 2.75) is 26.3 Å². The number of ketones is 1. The summed E-state index contributed by atoms with van der Waals surface area (Å²) in [6.45, 7) is 2.84. The molecule has 0 aliphatic heterocycles. The molecule has 3 aromatic rings. The van der Waals surface area contributed by atoms with Gasteiger partial charge in [-0.05, 0) is 41.8 Å². The van der Waals surface area contributed by atoms with Crippen LogP contribution >= 0.6 is 11.6 Å². The standard InChI is InChI=1S/C20H18ClNO3/c1-2-3-9-22-12-17(19(23)20(24)25)16-11-14(7-8-18(16)22)13-5-4-6-15(21)10-13/h4-8,10-12H,2-3,9H2,1H3,(H,24,25). The molecule has 25 heavy (non-hydrogen) atoms. The van der Waals surface area contributed by atoms with Crippen molar-refractivity contribution in [3.05, 3.63) is 59.2 Å². The molecular weight excluding hydrogens is 338 g/mol. The summed E-state index contributed by atoms with van der Waals surface area (Å²) in [6.07, 6.45) is 3.63. The Kier molecular flexibility index (Phi) is 4.91. The normalized spacial score (nSPS) is 11.0. The van der Waals surface area contributed by atoms with Crippen LogP contribution in [0.25, 0.3) is 22.0 Å². The second kappa shape index (κ2) is 7.11. The molecule has 4 nitrogen and oxygen atoms in total. The van der Waals surface area contributed by atoms with Crippen LogP contribution in [0.4, 0.5) is 0 Å². The Balaban J connectivity index is 2.17. The quantitative estimate of drug-likeness (QED) is 0.498. The van der Waals surface area contributed by atoms with Gasteiger partial charge in [0.25, 0.3) is 5.78 Å². The third kappa shape index (κ3) is 3.44. The number of benzene rings is 2. The summed E-state index contributed by atoms with van der Waals surface area (Å²) in [6, 6.07) is 13.2. The van der Waals surface area contributed by atoms with Gasteiger partial charge >= 0.3 is 5.97 Å². The number of nitrogens with zero attached hydrogens (tertiary/aromatic N) is 1. The van der Waals surface area contributed by atoms with Crippen molar-refractivity contribution in [2.75, 3.05) is 0 Å². The lowest BCUT2D eigenvalue weighted by Crippen LogP contribution is -2.12. The van der Waals surface area contributed by atoms with Gasteiger partial charge in [-0.3, -0.25) is 4.79 Å². The molecule has 1 heterocycles. The van der Waals surface area contributed by atoms with E-state index in [1.807, 2.05) is 41.0 Å². The van der Waals surface area contributed by atoms with Crippen LogP contribution in [0.2, 0.25) is 5.02 Å². The average molecular weight is 356 g/mol. The van der Waals surface area contributed by atoms with Gasteiger partial charge in [0, 0.05) is 28.7 Å². The predicted molar refractivity (Wildman–Crippen MR) is 99.3 cm³/mol. The van der Waals surface area contributed by atoms with Crippen molar-refractivity contribution >= 4 is 34.3 Å². The lowest BCUT2D eigenvalue weighted by molar-refractivity contribution is -0.131. The maximum absolute atomic E-state index is 12.1. The summed E-state index contributed by atoms with van der Waals surface area (Å²) in [7, 11) is 0. The maximum Gasteiger partial charge on any atom is 0.377 e. The number of aromatic nitrogens is 1. The maximum atomic E-state index is 12.1. The SMILES string of the molecule is CCCCn1cc(C(=O)C(=O)O)c2cc(-c3cccc(Cl)c3)ccc21. The fraction of sp³-hybridized carbons (Fsp3) is 0.200. The van der Waals surface area contributed by atoms with E-state index in [-0.39, 0.29) is 5.56 Å². The van der Waals surface area contributed by atoms with E-state index in [4.69, 9.17) is 16.7 Å². The summed E-state index contributed by atoms with van der Waals surface area (Å²) in [5.74, 6) is -2.33. The molecule has 0 bridgehead atoms. The highest BCUT2D eigenvalue weighted by molar-refractivity contribution is 6.42. The van der Waals surface area contributed by atoms with Crippen LogP contribution in [0, 0.1) is 0 Å². The number of carboxylic acids is 1. The molecule has 1 N–H and O–H groups in total. The van der Waals surface area contributed by atoms with Crippen LogP contribution in [0.1, 0.15) is 30.1 Å². The predicted octanol–water partition coefficient (Wildman–Crippen LogP) is 5.03. The highest BCUT2D eigenvalue weighted by Gasteiger charge is 2.21. The number of hydrogen-bond donors (Lipinski definition) is 1. The molecule has 0 aliphatic carbocycles. The fourth-order valence-electron chi connectivity index (χ4n) is 2.95. The van der Waals surface area contributed by atoms with Crippen molar-refractivity contribution in [3.8, 4) is 11.1 Å². The topological polar surface area (TPSA) is 59.3 Å². The van der Waals surface area contributed by atoms with Crippen LogP contribution in [-0.4, -0.2) is 21.4 Å². The molecule has 0 atom stereocenters. The lowest BCUT2D eigenvalue weighted by atomic mass is 10.0. The Bertz CT molecular complexity index is 959. The molecule has 0 fully saturated rings. The first-order valence-corrected chi connectivity index (χ1v) is 8.55. The minimum Gasteiger partial charge on any atom is -0.475 e. The number of aryl methyl sites for hydroxylation is 1. The zero-order chi connectivity index (χ0) is 18.0. The minimum absolute atomic E-state index is 0.225. The molecule has 2 aromatic carbocycles. The van der Waals surface area contributed by atoms with Crippen molar-refractivity contribution in [3.63, 3.8) is 0 Å². The van der Waals surface area contributed by atoms with Gasteiger partial charge in [0.15, 0.2) is 0 Å². The number of halogens is 1. The van der Waals surface area contributed by atoms with Crippen LogP contribution in [-0.2, 0) is 11.3 Å². The summed E-state index contributed by atoms with van der Waals surface area (Å²) >= 11 is 6.06. The molecule has 0 saturated heterocycles. The van der Waals surface area contributed by atoms with E-state index < -0.39 is 11.8 Å². The smallest absolute Gasteiger partial charge is 0.377 e. The zero-order valence-electron chi connectivity index (χ0n) is 13.8. The van der Waals surface area contributed by atoms with Crippen LogP contribution in [0.15, 0.2) is 48.7 Å². The van der Waals surface area contributed by atoms with Crippen LogP contribution in [0.5, 0.6) is 0 Å². The van der Waals surface area contributed by atoms with E-state index in [9.17, 15) is 9.59 Å². The molecule has 0 spiro atoms. The summed E-state index contributed by atoms with van der Waals surface area (Å²) in [5.41, 5.74) is 2.90. The fourth-order valence-corrected chi connectivity index (χ4v) is 3.14. The minimum atomic E-state index is -1.44. The van der Waals surface area contributed by atoms with Gasteiger partial charge < -0.3 is 9.67 Å². The summed E-state index contributed by atoms with van der Waals surface area (Å²) < 4.78 is 1.96. The number of fused-ring (bicyclic) bond motifs is 1. The molecule has 0 saturated carbocycles. The molecular formula is C20H18ClNO3. The van der Waals surface area contributed by atoms with Crippen molar-refractivity contribution in [2.24, 2.45) is 0 Å². The lowest BCUT2D eigenvalue weighted by Gasteiger charge is -2.06. The van der Waals surface area contributed by atoms with Gasteiger partial charge in [-0.15, -0.1) is 0 Å². The van der Waals surface area contributed by atoms with E-state index in [2.05, 4.69) is 6.92 Å². The average Bonchev–Trinajstić information content (AvgIpc) is 2.97. The van der Waals surface area contributed by atoms with E-state index in [1.54, 1.807) is 12.3 Å². The Morgan fingerprint density at radius 2 is 1.88 bits per heavy atom. The number of carboxylic acid groups (broad SMARTS) is 1. The Hall–Kier alpha value is -2.59. The van der Waals surface area contributed by atoms with Crippen molar-refractivity contribution in [1.82, 2.24) is 4.57 Å². The van der Waals surface area contributed by atoms with E-state index in [0.717, 1.165) is 36.0 Å². The molecule has 1 aromatic heterocycles. The van der Waals surface area contributed by atoms with Gasteiger partial charge in [0.1, 0.15) is 0 Å². The second-order valence-electron chi connectivity index (χ2n) is 5.97.